The van der Waals surface area contributed by atoms with Crippen molar-refractivity contribution in [2.75, 3.05) is 13.2 Å². The van der Waals surface area contributed by atoms with Crippen molar-refractivity contribution in [2.45, 2.75) is 117 Å². The van der Waals surface area contributed by atoms with Gasteiger partial charge < -0.3 is 33.7 Å². The number of rotatable bonds is 12. The fourth-order valence-corrected chi connectivity index (χ4v) is 4.70. The van der Waals surface area contributed by atoms with Gasteiger partial charge in [0.2, 0.25) is 5.91 Å². The molecule has 14 nitrogen and oxygen atoms in total. The van der Waals surface area contributed by atoms with Crippen LogP contribution in [0.5, 0.6) is 0 Å². The van der Waals surface area contributed by atoms with Crippen LogP contribution in [-0.4, -0.2) is 93.2 Å². The lowest BCUT2D eigenvalue weighted by Crippen LogP contribution is -2.66. The SMILES string of the molecule is CC(=O)N[C@@H]1[C@@H](OC(C)=O)[C@@H](OC(C)=O)[C@@H](COC(C)=O)O[C@@H]1C/C=C(/NC(=O)OC(C)(C)C)C(=O)OCC[Si](C)(C)C. The number of nitrogens with one attached hydrogen (secondary N) is 2. The zero-order valence-corrected chi connectivity index (χ0v) is 27.7. The summed E-state index contributed by atoms with van der Waals surface area (Å²) in [6.07, 6.45) is -4.37. The molecule has 0 aromatic carbocycles. The van der Waals surface area contributed by atoms with E-state index in [9.17, 15) is 28.8 Å². The largest absolute Gasteiger partial charge is 0.463 e. The van der Waals surface area contributed by atoms with Crippen LogP contribution in [0, 0.1) is 0 Å². The Hall–Kier alpha value is -3.46. The molecule has 15 heteroatoms. The van der Waals surface area contributed by atoms with Gasteiger partial charge in [0, 0.05) is 35.8 Å². The summed E-state index contributed by atoms with van der Waals surface area (Å²) < 4.78 is 32.8. The van der Waals surface area contributed by atoms with Crippen LogP contribution >= 0.6 is 0 Å². The molecule has 0 aromatic heterocycles. The molecule has 1 aliphatic heterocycles. The van der Waals surface area contributed by atoms with E-state index < -0.39 is 80.0 Å². The fourth-order valence-electron chi connectivity index (χ4n) is 3.99. The van der Waals surface area contributed by atoms with Crippen molar-refractivity contribution in [3.8, 4) is 0 Å². The Labute approximate surface area is 253 Å². The molecule has 0 unspecified atom stereocenters. The zero-order valence-electron chi connectivity index (χ0n) is 26.7. The van der Waals surface area contributed by atoms with Crippen molar-refractivity contribution >= 4 is 44.0 Å². The Morgan fingerprint density at radius 3 is 1.91 bits per heavy atom. The molecule has 1 saturated heterocycles. The molecule has 2 amide bonds. The van der Waals surface area contributed by atoms with Crippen LogP contribution in [0.4, 0.5) is 4.79 Å². The minimum absolute atomic E-state index is 0.138. The standard InChI is InChI=1S/C28H46N2O12Si/c1-16(31)29-23-21(41-22(15-38-17(2)32)24(39-18(3)33)25(23)40-19(4)34)12-11-20(30-27(36)42-28(5,6)7)26(35)37-13-14-43(8,9)10/h11,21-25H,12-15H2,1-10H3,(H,29,31)(H,30,36)/b20-11+/t21-,22-,23+,24+,25-/m1/s1. The van der Waals surface area contributed by atoms with E-state index in [0.717, 1.165) is 13.8 Å². The number of amides is 2. The molecule has 0 aromatic rings. The lowest BCUT2D eigenvalue weighted by molar-refractivity contribution is -0.223. The van der Waals surface area contributed by atoms with Crippen molar-refractivity contribution in [3.63, 3.8) is 0 Å². The Morgan fingerprint density at radius 1 is 0.837 bits per heavy atom. The maximum Gasteiger partial charge on any atom is 0.412 e. The van der Waals surface area contributed by atoms with Crippen LogP contribution in [0.25, 0.3) is 0 Å². The lowest BCUT2D eigenvalue weighted by Gasteiger charge is -2.45. The molecule has 244 valence electrons. The minimum atomic E-state index is -1.54. The van der Waals surface area contributed by atoms with E-state index in [1.165, 1.54) is 19.9 Å². The minimum Gasteiger partial charge on any atom is -0.463 e. The molecular weight excluding hydrogens is 584 g/mol. The molecule has 0 aliphatic carbocycles. The van der Waals surface area contributed by atoms with Crippen molar-refractivity contribution in [1.29, 1.82) is 0 Å². The Bertz CT molecular complexity index is 1060. The summed E-state index contributed by atoms with van der Waals surface area (Å²) in [5, 5.41) is 5.07. The monoisotopic (exact) mass is 630 g/mol. The number of esters is 4. The summed E-state index contributed by atoms with van der Waals surface area (Å²) in [5.41, 5.74) is -1.09. The van der Waals surface area contributed by atoms with Gasteiger partial charge in [-0.25, -0.2) is 9.59 Å². The Balaban J connectivity index is 3.50. The molecule has 1 heterocycles. The van der Waals surface area contributed by atoms with Crippen LogP contribution < -0.4 is 10.6 Å². The van der Waals surface area contributed by atoms with E-state index in [-0.39, 0.29) is 25.3 Å². The second-order valence-electron chi connectivity index (χ2n) is 12.3. The number of hydrogen-bond acceptors (Lipinski definition) is 12. The van der Waals surface area contributed by atoms with Crippen LogP contribution in [0.3, 0.4) is 0 Å². The quantitative estimate of drug-likeness (QED) is 0.139. The van der Waals surface area contributed by atoms with Gasteiger partial charge in [-0.15, -0.1) is 0 Å². The van der Waals surface area contributed by atoms with Crippen molar-refractivity contribution in [1.82, 2.24) is 10.6 Å². The van der Waals surface area contributed by atoms with Crippen LogP contribution in [0.2, 0.25) is 25.7 Å². The highest BCUT2D eigenvalue weighted by atomic mass is 28.3. The predicted octanol–water partition coefficient (Wildman–Crippen LogP) is 2.37. The molecule has 2 N–H and O–H groups in total. The molecule has 1 rings (SSSR count). The summed E-state index contributed by atoms with van der Waals surface area (Å²) in [7, 11) is -1.54. The topological polar surface area (TPSA) is 182 Å². The van der Waals surface area contributed by atoms with E-state index >= 15 is 0 Å². The van der Waals surface area contributed by atoms with Crippen LogP contribution in [0.15, 0.2) is 11.8 Å². The fraction of sp³-hybridized carbons (Fsp3) is 0.714. The summed E-state index contributed by atoms with van der Waals surface area (Å²) >= 11 is 0. The first-order chi connectivity index (χ1) is 19.7. The summed E-state index contributed by atoms with van der Waals surface area (Å²) in [6, 6.07) is -0.393. The van der Waals surface area contributed by atoms with E-state index in [2.05, 4.69) is 30.3 Å². The number of alkyl carbamates (subject to hydrolysis) is 1. The summed E-state index contributed by atoms with van der Waals surface area (Å²) in [4.78, 5) is 73.4. The van der Waals surface area contributed by atoms with Gasteiger partial charge in [-0.05, 0) is 33.2 Å². The average molecular weight is 631 g/mol. The predicted molar refractivity (Wildman–Crippen MR) is 155 cm³/mol. The second-order valence-corrected chi connectivity index (χ2v) is 17.9. The number of hydrogen-bond donors (Lipinski definition) is 2. The van der Waals surface area contributed by atoms with Gasteiger partial charge in [0.15, 0.2) is 12.2 Å². The molecule has 0 bridgehead atoms. The smallest absolute Gasteiger partial charge is 0.412 e. The zero-order chi connectivity index (χ0) is 33.1. The van der Waals surface area contributed by atoms with Gasteiger partial charge >= 0.3 is 30.0 Å². The van der Waals surface area contributed by atoms with Crippen molar-refractivity contribution in [3.05, 3.63) is 11.8 Å². The normalized spacial score (nSPS) is 22.5. The Kier molecular flexibility index (Phi) is 14.3. The third-order valence-electron chi connectivity index (χ3n) is 5.71. The summed E-state index contributed by atoms with van der Waals surface area (Å²) in [5.74, 6) is -3.44. The lowest BCUT2D eigenvalue weighted by atomic mass is 9.90. The van der Waals surface area contributed by atoms with Gasteiger partial charge in [-0.3, -0.25) is 24.5 Å². The van der Waals surface area contributed by atoms with Crippen LogP contribution in [0.1, 0.15) is 54.9 Å². The van der Waals surface area contributed by atoms with E-state index in [1.807, 2.05) is 0 Å². The van der Waals surface area contributed by atoms with Gasteiger partial charge in [-0.2, -0.15) is 0 Å². The highest BCUT2D eigenvalue weighted by Gasteiger charge is 2.50. The van der Waals surface area contributed by atoms with Crippen molar-refractivity contribution in [2.24, 2.45) is 0 Å². The molecule has 1 fully saturated rings. The first kappa shape index (κ1) is 37.6. The number of carbonyl (C=O) groups is 6. The molecule has 1 aliphatic rings. The third-order valence-corrected chi connectivity index (χ3v) is 7.42. The highest BCUT2D eigenvalue weighted by Crippen LogP contribution is 2.29. The van der Waals surface area contributed by atoms with E-state index in [0.29, 0.717) is 6.04 Å². The average Bonchev–Trinajstić information content (AvgIpc) is 2.80. The highest BCUT2D eigenvalue weighted by molar-refractivity contribution is 6.76. The van der Waals surface area contributed by atoms with Gasteiger partial charge in [-0.1, -0.05) is 25.7 Å². The number of ether oxygens (including phenoxy) is 6. The molecule has 0 saturated carbocycles. The second kappa shape index (κ2) is 16.4. The summed E-state index contributed by atoms with van der Waals surface area (Å²) in [6.45, 7) is 15.8. The number of carbonyl (C=O) groups excluding carboxylic acids is 6. The molecule has 0 radical (unpaired) electrons. The van der Waals surface area contributed by atoms with Crippen LogP contribution in [-0.2, 0) is 52.4 Å². The van der Waals surface area contributed by atoms with Gasteiger partial charge in [0.1, 0.15) is 24.0 Å². The first-order valence-electron chi connectivity index (χ1n) is 14.0. The van der Waals surface area contributed by atoms with E-state index in [4.69, 9.17) is 28.4 Å². The maximum absolute atomic E-state index is 13.0. The molecular formula is C28H46N2O12Si. The molecule has 43 heavy (non-hydrogen) atoms. The molecule has 5 atom stereocenters. The Morgan fingerprint density at radius 2 is 1.42 bits per heavy atom. The maximum atomic E-state index is 13.0. The van der Waals surface area contributed by atoms with Crippen molar-refractivity contribution < 1.29 is 57.2 Å². The van der Waals surface area contributed by atoms with E-state index in [1.54, 1.807) is 20.8 Å². The van der Waals surface area contributed by atoms with Gasteiger partial charge in [0.25, 0.3) is 0 Å². The molecule has 0 spiro atoms. The third kappa shape index (κ3) is 15.0. The van der Waals surface area contributed by atoms with Gasteiger partial charge in [0.05, 0.1) is 18.8 Å². The first-order valence-corrected chi connectivity index (χ1v) is 17.7.